The third-order valence-electron chi connectivity index (χ3n) is 1.75. The zero-order chi connectivity index (χ0) is 11.3. The molecule has 5 heteroatoms. The fraction of sp³-hybridized carbons (Fsp3) is 0.400. The van der Waals surface area contributed by atoms with Gasteiger partial charge in [0.05, 0.1) is 6.61 Å². The van der Waals surface area contributed by atoms with Crippen molar-refractivity contribution in [2.75, 3.05) is 20.3 Å². The quantitative estimate of drug-likeness (QED) is 0.895. The van der Waals surface area contributed by atoms with Crippen molar-refractivity contribution >= 4 is 15.9 Å². The monoisotopic (exact) mass is 277 g/mol. The molecule has 3 nitrogen and oxygen atoms in total. The van der Waals surface area contributed by atoms with E-state index in [0.717, 1.165) is 0 Å². The van der Waals surface area contributed by atoms with Gasteiger partial charge in [0, 0.05) is 24.2 Å². The second-order valence-electron chi connectivity index (χ2n) is 3.04. The number of nitrogens with two attached hydrogens (primary N) is 1. The lowest BCUT2D eigenvalue weighted by atomic mass is 10.3. The molecule has 84 valence electrons. The predicted molar refractivity (Wildman–Crippen MR) is 59.4 cm³/mol. The van der Waals surface area contributed by atoms with Crippen LogP contribution in [0.15, 0.2) is 22.7 Å². The Hall–Kier alpha value is -0.650. The fourth-order valence-corrected chi connectivity index (χ4v) is 1.57. The Morgan fingerprint density at radius 3 is 2.73 bits per heavy atom. The molecule has 1 rings (SSSR count). The second-order valence-corrected chi connectivity index (χ2v) is 3.95. The van der Waals surface area contributed by atoms with Gasteiger partial charge in [-0.1, -0.05) is 15.9 Å². The first-order valence-corrected chi connectivity index (χ1v) is 5.26. The van der Waals surface area contributed by atoms with Gasteiger partial charge < -0.3 is 15.2 Å². The van der Waals surface area contributed by atoms with Crippen LogP contribution in [-0.2, 0) is 4.74 Å². The first kappa shape index (κ1) is 12.4. The van der Waals surface area contributed by atoms with E-state index in [1.165, 1.54) is 12.1 Å². The Labute approximate surface area is 96.5 Å². The van der Waals surface area contributed by atoms with Crippen molar-refractivity contribution in [3.63, 3.8) is 0 Å². The summed E-state index contributed by atoms with van der Waals surface area (Å²) < 4.78 is 24.0. The van der Waals surface area contributed by atoms with E-state index in [4.69, 9.17) is 15.2 Å². The molecule has 0 fully saturated rings. The van der Waals surface area contributed by atoms with Crippen LogP contribution in [0.5, 0.6) is 5.75 Å². The summed E-state index contributed by atoms with van der Waals surface area (Å²) in [5, 5.41) is 0. The topological polar surface area (TPSA) is 44.5 Å². The van der Waals surface area contributed by atoms with Crippen LogP contribution in [0.2, 0.25) is 0 Å². The number of halogens is 2. The zero-order valence-corrected chi connectivity index (χ0v) is 9.96. The van der Waals surface area contributed by atoms with Gasteiger partial charge in [-0.15, -0.1) is 0 Å². The minimum Gasteiger partial charge on any atom is -0.487 e. The minimum absolute atomic E-state index is 0.260. The SMILES string of the molecule is COCC(CN)Oc1cc(F)cc(Br)c1. The molecule has 0 aromatic heterocycles. The highest BCUT2D eigenvalue weighted by atomic mass is 79.9. The summed E-state index contributed by atoms with van der Waals surface area (Å²) in [4.78, 5) is 0. The molecule has 15 heavy (non-hydrogen) atoms. The average Bonchev–Trinajstić information content (AvgIpc) is 2.15. The van der Waals surface area contributed by atoms with Gasteiger partial charge in [-0.3, -0.25) is 0 Å². The molecule has 0 aliphatic heterocycles. The van der Waals surface area contributed by atoms with E-state index in [-0.39, 0.29) is 11.9 Å². The molecule has 1 unspecified atom stereocenters. The molecule has 0 bridgehead atoms. The largest absolute Gasteiger partial charge is 0.487 e. The molecule has 0 amide bonds. The lowest BCUT2D eigenvalue weighted by molar-refractivity contribution is 0.0858. The van der Waals surface area contributed by atoms with Gasteiger partial charge in [0.1, 0.15) is 17.7 Å². The molecule has 0 aliphatic carbocycles. The van der Waals surface area contributed by atoms with Crippen molar-refractivity contribution < 1.29 is 13.9 Å². The van der Waals surface area contributed by atoms with E-state index >= 15 is 0 Å². The van der Waals surface area contributed by atoms with E-state index in [0.29, 0.717) is 23.4 Å². The summed E-state index contributed by atoms with van der Waals surface area (Å²) in [5.74, 6) is 0.0851. The highest BCUT2D eigenvalue weighted by Crippen LogP contribution is 2.21. The first-order chi connectivity index (χ1) is 7.15. The molecule has 1 aromatic carbocycles. The fourth-order valence-electron chi connectivity index (χ4n) is 1.13. The van der Waals surface area contributed by atoms with Gasteiger partial charge in [0.25, 0.3) is 0 Å². The second kappa shape index (κ2) is 6.05. The highest BCUT2D eigenvalue weighted by Gasteiger charge is 2.09. The van der Waals surface area contributed by atoms with Crippen LogP contribution in [-0.4, -0.2) is 26.4 Å². The Kier molecular flexibility index (Phi) is 5.01. The minimum atomic E-state index is -0.354. The van der Waals surface area contributed by atoms with Crippen molar-refractivity contribution in [1.29, 1.82) is 0 Å². The van der Waals surface area contributed by atoms with Crippen LogP contribution >= 0.6 is 15.9 Å². The molecule has 0 radical (unpaired) electrons. The third kappa shape index (κ3) is 4.15. The number of hydrogen-bond donors (Lipinski definition) is 1. The summed E-state index contributed by atoms with van der Waals surface area (Å²) in [6.07, 6.45) is -0.260. The Bertz CT molecular complexity index is 302. The van der Waals surface area contributed by atoms with E-state index in [2.05, 4.69) is 15.9 Å². The predicted octanol–water partition coefficient (Wildman–Crippen LogP) is 1.94. The molecule has 0 aliphatic rings. The van der Waals surface area contributed by atoms with Crippen molar-refractivity contribution in [2.24, 2.45) is 5.73 Å². The third-order valence-corrected chi connectivity index (χ3v) is 2.21. The molecule has 0 spiro atoms. The van der Waals surface area contributed by atoms with Crippen LogP contribution in [0, 0.1) is 5.82 Å². The van der Waals surface area contributed by atoms with E-state index in [1.54, 1.807) is 13.2 Å². The normalized spacial score (nSPS) is 12.5. The maximum atomic E-state index is 13.0. The highest BCUT2D eigenvalue weighted by molar-refractivity contribution is 9.10. The Morgan fingerprint density at radius 1 is 1.47 bits per heavy atom. The zero-order valence-electron chi connectivity index (χ0n) is 8.37. The van der Waals surface area contributed by atoms with E-state index in [1.807, 2.05) is 0 Å². The van der Waals surface area contributed by atoms with Gasteiger partial charge in [-0.2, -0.15) is 0 Å². The summed E-state index contributed by atoms with van der Waals surface area (Å²) in [6.45, 7) is 0.701. The first-order valence-electron chi connectivity index (χ1n) is 4.47. The summed E-state index contributed by atoms with van der Waals surface area (Å²) in [5.41, 5.74) is 5.47. The maximum Gasteiger partial charge on any atom is 0.134 e. The summed E-state index contributed by atoms with van der Waals surface area (Å²) in [6, 6.07) is 4.35. The van der Waals surface area contributed by atoms with Gasteiger partial charge >= 0.3 is 0 Å². The number of hydrogen-bond acceptors (Lipinski definition) is 3. The number of ether oxygens (including phenoxy) is 2. The van der Waals surface area contributed by atoms with Gasteiger partial charge in [-0.05, 0) is 12.1 Å². The molecule has 2 N–H and O–H groups in total. The standard InChI is InChI=1S/C10H13BrFNO2/c1-14-6-10(5-13)15-9-3-7(11)2-8(12)4-9/h2-4,10H,5-6,13H2,1H3. The van der Waals surface area contributed by atoms with Crippen molar-refractivity contribution in [3.8, 4) is 5.75 Å². The molecule has 0 heterocycles. The molecular formula is C10H13BrFNO2. The number of benzene rings is 1. The van der Waals surface area contributed by atoms with Gasteiger partial charge in [0.15, 0.2) is 0 Å². The summed E-state index contributed by atoms with van der Waals surface area (Å²) >= 11 is 3.18. The van der Waals surface area contributed by atoms with E-state index < -0.39 is 0 Å². The molecule has 0 saturated heterocycles. The van der Waals surface area contributed by atoms with Crippen LogP contribution in [0.1, 0.15) is 0 Å². The van der Waals surface area contributed by atoms with Crippen molar-refractivity contribution in [1.82, 2.24) is 0 Å². The maximum absolute atomic E-state index is 13.0. The van der Waals surface area contributed by atoms with E-state index in [9.17, 15) is 4.39 Å². The lowest BCUT2D eigenvalue weighted by Gasteiger charge is -2.16. The molecule has 1 aromatic rings. The van der Waals surface area contributed by atoms with Gasteiger partial charge in [-0.25, -0.2) is 4.39 Å². The lowest BCUT2D eigenvalue weighted by Crippen LogP contribution is -2.31. The van der Waals surface area contributed by atoms with Crippen LogP contribution in [0.3, 0.4) is 0 Å². The molecule has 1 atom stereocenters. The van der Waals surface area contributed by atoms with Crippen molar-refractivity contribution in [2.45, 2.75) is 6.10 Å². The van der Waals surface area contributed by atoms with Gasteiger partial charge in [0.2, 0.25) is 0 Å². The van der Waals surface area contributed by atoms with Crippen LogP contribution < -0.4 is 10.5 Å². The van der Waals surface area contributed by atoms with Crippen LogP contribution in [0.4, 0.5) is 4.39 Å². The number of rotatable bonds is 5. The Balaban J connectivity index is 2.69. The average molecular weight is 278 g/mol. The molecular weight excluding hydrogens is 265 g/mol. The summed E-state index contributed by atoms with van der Waals surface area (Å²) in [7, 11) is 1.56. The van der Waals surface area contributed by atoms with Crippen LogP contribution in [0.25, 0.3) is 0 Å². The Morgan fingerprint density at radius 2 is 2.20 bits per heavy atom. The van der Waals surface area contributed by atoms with Crippen molar-refractivity contribution in [3.05, 3.63) is 28.5 Å². The molecule has 0 saturated carbocycles. The number of methoxy groups -OCH3 is 1. The smallest absolute Gasteiger partial charge is 0.134 e.